The molecule has 0 fully saturated rings. The van der Waals surface area contributed by atoms with Gasteiger partial charge in [0.15, 0.2) is 5.82 Å². The van der Waals surface area contributed by atoms with E-state index in [4.69, 9.17) is 23.2 Å². The van der Waals surface area contributed by atoms with Gasteiger partial charge in [0.05, 0.1) is 22.2 Å². The summed E-state index contributed by atoms with van der Waals surface area (Å²) in [6.45, 7) is 1.79. The van der Waals surface area contributed by atoms with E-state index in [2.05, 4.69) is 20.7 Å². The zero-order chi connectivity index (χ0) is 19.1. The van der Waals surface area contributed by atoms with E-state index in [0.717, 1.165) is 11.3 Å². The predicted molar refractivity (Wildman–Crippen MR) is 103 cm³/mol. The minimum atomic E-state index is -0.330. The molecule has 1 aliphatic rings. The summed E-state index contributed by atoms with van der Waals surface area (Å²) in [5, 5.41) is 10.6. The Morgan fingerprint density at radius 1 is 1.26 bits per heavy atom. The third-order valence-electron chi connectivity index (χ3n) is 4.05. The first-order valence-electron chi connectivity index (χ1n) is 8.03. The quantitative estimate of drug-likeness (QED) is 0.700. The lowest BCUT2D eigenvalue weighted by Crippen LogP contribution is -2.16. The first-order chi connectivity index (χ1) is 12.9. The molecule has 0 unspecified atom stereocenters. The standard InChI is InChI=1S/C18H13Cl2N5O2/c1-9-4-15(25(24-9)17-13(20)7-12(19)8-21-17)23-18(27)10-2-3-14-11(5-10)6-16(26)22-14/h2-5,7-8H,6H2,1H3,(H,22,26)(H,23,27). The van der Waals surface area contributed by atoms with Crippen molar-refractivity contribution < 1.29 is 9.59 Å². The number of fused-ring (bicyclic) bond motifs is 1. The molecular weight excluding hydrogens is 389 g/mol. The van der Waals surface area contributed by atoms with Crippen LogP contribution in [0.25, 0.3) is 5.82 Å². The first kappa shape index (κ1) is 17.5. The van der Waals surface area contributed by atoms with Gasteiger partial charge in [-0.15, -0.1) is 0 Å². The van der Waals surface area contributed by atoms with Crippen LogP contribution in [0.5, 0.6) is 0 Å². The van der Waals surface area contributed by atoms with Crippen molar-refractivity contribution in [3.8, 4) is 5.82 Å². The van der Waals surface area contributed by atoms with Gasteiger partial charge in [-0.25, -0.2) is 4.98 Å². The number of carbonyl (C=O) groups is 2. The molecule has 2 N–H and O–H groups in total. The fraction of sp³-hybridized carbons (Fsp3) is 0.111. The Bertz CT molecular complexity index is 1090. The van der Waals surface area contributed by atoms with Crippen LogP contribution in [0, 0.1) is 6.92 Å². The van der Waals surface area contributed by atoms with E-state index in [0.29, 0.717) is 32.9 Å². The smallest absolute Gasteiger partial charge is 0.256 e. The van der Waals surface area contributed by atoms with Crippen LogP contribution in [0.3, 0.4) is 0 Å². The van der Waals surface area contributed by atoms with Gasteiger partial charge in [-0.3, -0.25) is 9.59 Å². The van der Waals surface area contributed by atoms with Crippen molar-refractivity contribution >= 4 is 46.5 Å². The summed E-state index contributed by atoms with van der Waals surface area (Å²) in [6.07, 6.45) is 1.72. The van der Waals surface area contributed by atoms with Crippen LogP contribution >= 0.6 is 23.2 Å². The molecule has 0 atom stereocenters. The summed E-state index contributed by atoms with van der Waals surface area (Å²) in [6, 6.07) is 8.33. The second-order valence-electron chi connectivity index (χ2n) is 6.09. The van der Waals surface area contributed by atoms with Crippen LogP contribution < -0.4 is 10.6 Å². The van der Waals surface area contributed by atoms with Gasteiger partial charge in [0.1, 0.15) is 5.82 Å². The third-order valence-corrected chi connectivity index (χ3v) is 4.54. The second kappa shape index (κ2) is 6.68. The number of hydrogen-bond donors (Lipinski definition) is 2. The Balaban J connectivity index is 1.65. The van der Waals surface area contributed by atoms with Crippen molar-refractivity contribution in [1.29, 1.82) is 0 Å². The fourth-order valence-corrected chi connectivity index (χ4v) is 3.33. The molecule has 2 aromatic heterocycles. The van der Waals surface area contributed by atoms with Crippen molar-refractivity contribution in [2.75, 3.05) is 10.6 Å². The number of carbonyl (C=O) groups excluding carboxylic acids is 2. The molecule has 9 heteroatoms. The topological polar surface area (TPSA) is 88.9 Å². The van der Waals surface area contributed by atoms with Gasteiger partial charge in [0.2, 0.25) is 5.91 Å². The van der Waals surface area contributed by atoms with Gasteiger partial charge in [-0.05, 0) is 36.8 Å². The Morgan fingerprint density at radius 3 is 2.85 bits per heavy atom. The summed E-state index contributed by atoms with van der Waals surface area (Å²) in [4.78, 5) is 28.4. The van der Waals surface area contributed by atoms with E-state index in [-0.39, 0.29) is 18.2 Å². The summed E-state index contributed by atoms with van der Waals surface area (Å²) in [7, 11) is 0. The van der Waals surface area contributed by atoms with Crippen LogP contribution in [0.4, 0.5) is 11.5 Å². The van der Waals surface area contributed by atoms with Crippen molar-refractivity contribution in [1.82, 2.24) is 14.8 Å². The van der Waals surface area contributed by atoms with Crippen LogP contribution in [-0.2, 0) is 11.2 Å². The minimum absolute atomic E-state index is 0.0836. The van der Waals surface area contributed by atoms with E-state index >= 15 is 0 Å². The summed E-state index contributed by atoms with van der Waals surface area (Å²) in [5.74, 6) is 0.361. The number of aryl methyl sites for hydroxylation is 1. The molecule has 7 nitrogen and oxygen atoms in total. The maximum absolute atomic E-state index is 12.7. The molecule has 0 spiro atoms. The molecule has 0 saturated heterocycles. The molecule has 0 saturated carbocycles. The lowest BCUT2D eigenvalue weighted by Gasteiger charge is -2.10. The second-order valence-corrected chi connectivity index (χ2v) is 6.94. The third kappa shape index (κ3) is 3.39. The number of halogens is 2. The minimum Gasteiger partial charge on any atom is -0.326 e. The SMILES string of the molecule is Cc1cc(NC(=O)c2ccc3c(c2)CC(=O)N3)n(-c2ncc(Cl)cc2Cl)n1. The number of aromatic nitrogens is 3. The highest BCUT2D eigenvalue weighted by atomic mass is 35.5. The molecule has 3 aromatic rings. The molecule has 4 rings (SSSR count). The fourth-order valence-electron chi connectivity index (χ4n) is 2.87. The zero-order valence-corrected chi connectivity index (χ0v) is 15.6. The lowest BCUT2D eigenvalue weighted by atomic mass is 10.1. The van der Waals surface area contributed by atoms with Gasteiger partial charge in [-0.1, -0.05) is 23.2 Å². The van der Waals surface area contributed by atoms with Crippen molar-refractivity contribution in [2.24, 2.45) is 0 Å². The van der Waals surface area contributed by atoms with Gasteiger partial charge in [-0.2, -0.15) is 9.78 Å². The average Bonchev–Trinajstić information content (AvgIpc) is 3.15. The maximum Gasteiger partial charge on any atom is 0.256 e. The van der Waals surface area contributed by atoms with E-state index < -0.39 is 0 Å². The number of amides is 2. The largest absolute Gasteiger partial charge is 0.326 e. The van der Waals surface area contributed by atoms with E-state index in [1.165, 1.54) is 10.9 Å². The average molecular weight is 402 g/mol. The van der Waals surface area contributed by atoms with Crippen LogP contribution in [-0.4, -0.2) is 26.6 Å². The number of pyridine rings is 1. The predicted octanol–water partition coefficient (Wildman–Crippen LogP) is 3.63. The summed E-state index contributed by atoms with van der Waals surface area (Å²) >= 11 is 12.1. The Morgan fingerprint density at radius 2 is 2.07 bits per heavy atom. The van der Waals surface area contributed by atoms with Gasteiger partial charge in [0, 0.05) is 23.5 Å². The highest BCUT2D eigenvalue weighted by Crippen LogP contribution is 2.27. The van der Waals surface area contributed by atoms with E-state index in [1.54, 1.807) is 37.3 Å². The van der Waals surface area contributed by atoms with E-state index in [1.807, 2.05) is 0 Å². The molecule has 136 valence electrons. The number of nitrogens with zero attached hydrogens (tertiary/aromatic N) is 3. The summed E-state index contributed by atoms with van der Waals surface area (Å²) < 4.78 is 1.45. The van der Waals surface area contributed by atoms with Crippen LogP contribution in [0.1, 0.15) is 21.6 Å². The lowest BCUT2D eigenvalue weighted by molar-refractivity contribution is -0.115. The number of benzene rings is 1. The first-order valence-corrected chi connectivity index (χ1v) is 8.78. The molecule has 1 aliphatic heterocycles. The van der Waals surface area contributed by atoms with Crippen LogP contribution in [0.2, 0.25) is 10.0 Å². The Hall–Kier alpha value is -2.90. The Kier molecular flexibility index (Phi) is 4.33. The van der Waals surface area contributed by atoms with Gasteiger partial charge < -0.3 is 10.6 Å². The number of anilines is 2. The van der Waals surface area contributed by atoms with Crippen molar-refractivity contribution in [2.45, 2.75) is 13.3 Å². The molecule has 2 amide bonds. The highest BCUT2D eigenvalue weighted by Gasteiger charge is 2.20. The molecule has 0 bridgehead atoms. The van der Waals surface area contributed by atoms with Gasteiger partial charge in [0.25, 0.3) is 5.91 Å². The summed E-state index contributed by atoms with van der Waals surface area (Å²) in [5.41, 5.74) is 2.64. The monoisotopic (exact) mass is 401 g/mol. The maximum atomic E-state index is 12.7. The molecular formula is C18H13Cl2N5O2. The van der Waals surface area contributed by atoms with Crippen molar-refractivity contribution in [3.05, 3.63) is 63.4 Å². The number of hydrogen-bond acceptors (Lipinski definition) is 4. The molecule has 3 heterocycles. The molecule has 1 aromatic carbocycles. The van der Waals surface area contributed by atoms with E-state index in [9.17, 15) is 9.59 Å². The Labute approximate surface area is 164 Å². The van der Waals surface area contributed by atoms with Crippen LogP contribution in [0.15, 0.2) is 36.5 Å². The molecule has 0 radical (unpaired) electrons. The normalized spacial score (nSPS) is 12.6. The molecule has 27 heavy (non-hydrogen) atoms. The van der Waals surface area contributed by atoms with Crippen molar-refractivity contribution in [3.63, 3.8) is 0 Å². The number of rotatable bonds is 3. The van der Waals surface area contributed by atoms with Gasteiger partial charge >= 0.3 is 0 Å². The molecule has 0 aliphatic carbocycles. The zero-order valence-electron chi connectivity index (χ0n) is 14.1. The number of nitrogens with one attached hydrogen (secondary N) is 2. The highest BCUT2D eigenvalue weighted by molar-refractivity contribution is 6.35.